The average Bonchev–Trinajstić information content (AvgIpc) is 3.18. The van der Waals surface area contributed by atoms with E-state index < -0.39 is 23.5 Å². The summed E-state index contributed by atoms with van der Waals surface area (Å²) in [5.41, 5.74) is -0.0376. The van der Waals surface area contributed by atoms with Gasteiger partial charge in [0, 0.05) is 17.2 Å². The fraction of sp³-hybridized carbons (Fsp3) is 0.542. The van der Waals surface area contributed by atoms with Crippen molar-refractivity contribution in [2.75, 3.05) is 19.8 Å². The number of benzene rings is 3. The summed E-state index contributed by atoms with van der Waals surface area (Å²) in [6.07, 6.45) is 9.99. The standard InChI is InChI=1S/C48H60F6O3/c1-4-7-10-13-16-19-34-55-44-37-45(56-35-20-17-14-11-8-5-2)43(33-27-39-24-30-41(31-25-39)48(52,53)54)46(57-36-21-18-15-12-9-6-3)42(44)32-26-38-22-28-40(29-23-38)47(49,50)51/h22-25,28-31,37H,4-21,34-36H2,1-3H3. The van der Waals surface area contributed by atoms with Gasteiger partial charge in [-0.2, -0.15) is 26.3 Å². The van der Waals surface area contributed by atoms with Crippen LogP contribution in [-0.2, 0) is 12.4 Å². The average molecular weight is 799 g/mol. The largest absolute Gasteiger partial charge is 0.492 e. The number of hydrogen-bond acceptors (Lipinski definition) is 3. The third kappa shape index (κ3) is 17.8. The molecule has 0 atom stereocenters. The third-order valence-electron chi connectivity index (χ3n) is 9.55. The summed E-state index contributed by atoms with van der Waals surface area (Å²) in [5, 5.41) is 0. The van der Waals surface area contributed by atoms with Crippen LogP contribution in [0, 0.1) is 23.7 Å². The smallest absolute Gasteiger partial charge is 0.416 e. The van der Waals surface area contributed by atoms with Crippen molar-refractivity contribution in [2.24, 2.45) is 0 Å². The van der Waals surface area contributed by atoms with E-state index in [0.717, 1.165) is 127 Å². The fourth-order valence-corrected chi connectivity index (χ4v) is 6.16. The van der Waals surface area contributed by atoms with Crippen LogP contribution in [0.4, 0.5) is 26.3 Å². The Bertz CT molecular complexity index is 1590. The van der Waals surface area contributed by atoms with Gasteiger partial charge in [0.05, 0.1) is 30.9 Å². The molecule has 3 rings (SSSR count). The van der Waals surface area contributed by atoms with Crippen molar-refractivity contribution in [1.29, 1.82) is 0 Å². The fourth-order valence-electron chi connectivity index (χ4n) is 6.16. The lowest BCUT2D eigenvalue weighted by Gasteiger charge is -2.19. The number of alkyl halides is 6. The minimum Gasteiger partial charge on any atom is -0.492 e. The first-order chi connectivity index (χ1) is 27.5. The maximum atomic E-state index is 13.3. The quantitative estimate of drug-likeness (QED) is 0.0513. The van der Waals surface area contributed by atoms with Gasteiger partial charge in [-0.25, -0.2) is 0 Å². The molecule has 0 aliphatic rings. The number of unbranched alkanes of at least 4 members (excludes halogenated alkanes) is 15. The first-order valence-corrected chi connectivity index (χ1v) is 21.0. The first-order valence-electron chi connectivity index (χ1n) is 21.0. The van der Waals surface area contributed by atoms with Crippen molar-refractivity contribution >= 4 is 0 Å². The molecule has 3 aromatic rings. The molecule has 0 aliphatic heterocycles. The Morgan fingerprint density at radius 1 is 0.404 bits per heavy atom. The van der Waals surface area contributed by atoms with E-state index in [9.17, 15) is 26.3 Å². The molecular formula is C48H60F6O3. The minimum atomic E-state index is -4.48. The van der Waals surface area contributed by atoms with Crippen molar-refractivity contribution in [3.8, 4) is 40.9 Å². The van der Waals surface area contributed by atoms with Gasteiger partial charge >= 0.3 is 12.4 Å². The Balaban J connectivity index is 2.14. The van der Waals surface area contributed by atoms with Crippen LogP contribution in [0.5, 0.6) is 17.2 Å². The topological polar surface area (TPSA) is 27.7 Å². The van der Waals surface area contributed by atoms with Gasteiger partial charge in [0.2, 0.25) is 0 Å². The van der Waals surface area contributed by atoms with Crippen molar-refractivity contribution in [3.63, 3.8) is 0 Å². The maximum absolute atomic E-state index is 13.3. The van der Waals surface area contributed by atoms with E-state index in [4.69, 9.17) is 14.2 Å². The molecule has 0 fully saturated rings. The molecule has 0 unspecified atom stereocenters. The molecule has 0 heterocycles. The molecule has 0 aromatic heterocycles. The van der Waals surface area contributed by atoms with Gasteiger partial charge < -0.3 is 14.2 Å². The monoisotopic (exact) mass is 798 g/mol. The molecule has 0 amide bonds. The van der Waals surface area contributed by atoms with E-state index in [1.165, 1.54) is 37.1 Å². The summed E-state index contributed by atoms with van der Waals surface area (Å²) < 4.78 is 99.4. The summed E-state index contributed by atoms with van der Waals surface area (Å²) >= 11 is 0. The van der Waals surface area contributed by atoms with Crippen molar-refractivity contribution in [2.45, 2.75) is 149 Å². The van der Waals surface area contributed by atoms with Gasteiger partial charge in [-0.1, -0.05) is 141 Å². The first kappa shape index (κ1) is 47.1. The second kappa shape index (κ2) is 25.9. The predicted octanol–water partition coefficient (Wildman–Crippen LogP) is 14.7. The van der Waals surface area contributed by atoms with Crippen LogP contribution in [0.15, 0.2) is 54.6 Å². The lowest BCUT2D eigenvalue weighted by atomic mass is 10.0. The highest BCUT2D eigenvalue weighted by atomic mass is 19.4. The molecular weight excluding hydrogens is 739 g/mol. The number of halogens is 6. The van der Waals surface area contributed by atoms with E-state index in [1.807, 2.05) is 0 Å². The second-order valence-corrected chi connectivity index (χ2v) is 14.5. The Labute approximate surface area is 337 Å². The zero-order valence-corrected chi connectivity index (χ0v) is 34.0. The third-order valence-corrected chi connectivity index (χ3v) is 9.55. The number of hydrogen-bond donors (Lipinski definition) is 0. The predicted molar refractivity (Wildman–Crippen MR) is 218 cm³/mol. The van der Waals surface area contributed by atoms with Crippen LogP contribution in [0.2, 0.25) is 0 Å². The Hall–Kier alpha value is -4.24. The Morgan fingerprint density at radius 2 is 0.719 bits per heavy atom. The van der Waals surface area contributed by atoms with Gasteiger partial charge in [-0.15, -0.1) is 0 Å². The normalized spacial score (nSPS) is 11.4. The molecule has 312 valence electrons. The summed E-state index contributed by atoms with van der Waals surface area (Å²) in [5.74, 6) is 13.5. The molecule has 0 saturated heterocycles. The molecule has 3 aromatic carbocycles. The summed E-state index contributed by atoms with van der Waals surface area (Å²) in [6, 6.07) is 11.0. The lowest BCUT2D eigenvalue weighted by Crippen LogP contribution is -2.08. The molecule has 9 heteroatoms. The van der Waals surface area contributed by atoms with Gasteiger partial charge in [-0.05, 0) is 67.8 Å². The highest BCUT2D eigenvalue weighted by Gasteiger charge is 2.30. The van der Waals surface area contributed by atoms with Crippen LogP contribution >= 0.6 is 0 Å². The number of rotatable bonds is 24. The van der Waals surface area contributed by atoms with E-state index in [1.54, 1.807) is 6.07 Å². The van der Waals surface area contributed by atoms with Crippen LogP contribution < -0.4 is 14.2 Å². The zero-order chi connectivity index (χ0) is 41.4. The minimum absolute atomic E-state index is 0.320. The van der Waals surface area contributed by atoms with Gasteiger partial charge in [-0.3, -0.25) is 0 Å². The molecule has 0 radical (unpaired) electrons. The summed E-state index contributed by atoms with van der Waals surface area (Å²) in [7, 11) is 0. The van der Waals surface area contributed by atoms with E-state index >= 15 is 0 Å². The highest BCUT2D eigenvalue weighted by Crippen LogP contribution is 2.40. The van der Waals surface area contributed by atoms with Gasteiger partial charge in [0.1, 0.15) is 22.6 Å². The highest BCUT2D eigenvalue weighted by molar-refractivity contribution is 5.69. The summed E-state index contributed by atoms with van der Waals surface area (Å²) in [4.78, 5) is 0. The van der Waals surface area contributed by atoms with Gasteiger partial charge in [0.25, 0.3) is 0 Å². The molecule has 0 aliphatic carbocycles. The number of ether oxygens (including phenoxy) is 3. The molecule has 57 heavy (non-hydrogen) atoms. The zero-order valence-electron chi connectivity index (χ0n) is 34.0. The van der Waals surface area contributed by atoms with Crippen LogP contribution in [0.25, 0.3) is 0 Å². The molecule has 0 N–H and O–H groups in total. The Kier molecular flexibility index (Phi) is 21.4. The van der Waals surface area contributed by atoms with Crippen molar-refractivity contribution in [1.82, 2.24) is 0 Å². The lowest BCUT2D eigenvalue weighted by molar-refractivity contribution is -0.138. The molecule has 3 nitrogen and oxygen atoms in total. The maximum Gasteiger partial charge on any atom is 0.416 e. The van der Waals surface area contributed by atoms with Crippen molar-refractivity contribution in [3.05, 3.63) is 88.0 Å². The van der Waals surface area contributed by atoms with Crippen LogP contribution in [-0.4, -0.2) is 19.8 Å². The van der Waals surface area contributed by atoms with E-state index in [-0.39, 0.29) is 0 Å². The van der Waals surface area contributed by atoms with Gasteiger partial charge in [0.15, 0.2) is 5.75 Å². The Morgan fingerprint density at radius 3 is 1.05 bits per heavy atom. The SMILES string of the molecule is CCCCCCCCOc1cc(OCCCCCCCC)c(C#Cc2ccc(C(F)(F)F)cc2)c(OCCCCCCCC)c1C#Cc1ccc(C(F)(F)F)cc1. The molecule has 0 bridgehead atoms. The van der Waals surface area contributed by atoms with Crippen molar-refractivity contribution < 1.29 is 40.6 Å². The molecule has 0 spiro atoms. The van der Waals surface area contributed by atoms with E-state index in [2.05, 4.69) is 44.5 Å². The second-order valence-electron chi connectivity index (χ2n) is 14.5. The van der Waals surface area contributed by atoms with E-state index in [0.29, 0.717) is 59.3 Å². The summed E-state index contributed by atoms with van der Waals surface area (Å²) in [6.45, 7) is 7.67. The molecule has 0 saturated carbocycles. The van der Waals surface area contributed by atoms with Crippen LogP contribution in [0.1, 0.15) is 170 Å². The van der Waals surface area contributed by atoms with Crippen LogP contribution in [0.3, 0.4) is 0 Å².